The van der Waals surface area contributed by atoms with Crippen molar-refractivity contribution in [3.05, 3.63) is 64.0 Å². The van der Waals surface area contributed by atoms with Gasteiger partial charge in [0.05, 0.1) is 27.0 Å². The first-order valence-corrected chi connectivity index (χ1v) is 11.6. The zero-order chi connectivity index (χ0) is 25.6. The van der Waals surface area contributed by atoms with Crippen LogP contribution in [0, 0.1) is 17.2 Å². The minimum atomic E-state index is -4.26. The number of pyridine rings is 2. The standard InChI is InChI=1S/C24H17Cl2F3N6O/c1-12(21-18(25)8-31-9-19(21)26)36-16-2-3-20-17(5-16)22(34-33-20)14-4-13(6-30)23(32-7-14)35-10-15(11-35)24(27,28)29/h2-5,7-9,12,15H,10-11H2,1H3,(H,33,34)/t12-/m1/s1. The van der Waals surface area contributed by atoms with Crippen LogP contribution in [-0.2, 0) is 0 Å². The molecule has 1 fully saturated rings. The summed E-state index contributed by atoms with van der Waals surface area (Å²) < 4.78 is 44.7. The second-order valence-corrected chi connectivity index (χ2v) is 9.22. The molecule has 0 amide bonds. The number of halogens is 5. The molecule has 0 spiro atoms. The minimum Gasteiger partial charge on any atom is -0.486 e. The van der Waals surface area contributed by atoms with Gasteiger partial charge in [0.15, 0.2) is 0 Å². The van der Waals surface area contributed by atoms with E-state index in [1.165, 1.54) is 23.5 Å². The van der Waals surface area contributed by atoms with E-state index in [0.717, 1.165) is 5.52 Å². The van der Waals surface area contributed by atoms with Crippen LogP contribution in [0.2, 0.25) is 10.0 Å². The van der Waals surface area contributed by atoms with Crippen molar-refractivity contribution in [2.75, 3.05) is 18.0 Å². The highest BCUT2D eigenvalue weighted by Crippen LogP contribution is 2.38. The van der Waals surface area contributed by atoms with Crippen LogP contribution in [0.25, 0.3) is 22.2 Å². The molecule has 3 aromatic heterocycles. The molecule has 0 bridgehead atoms. The molecule has 0 radical (unpaired) electrons. The number of anilines is 1. The van der Waals surface area contributed by atoms with Gasteiger partial charge in [-0.2, -0.15) is 23.5 Å². The van der Waals surface area contributed by atoms with E-state index in [-0.39, 0.29) is 24.5 Å². The van der Waals surface area contributed by atoms with Crippen LogP contribution in [-0.4, -0.2) is 39.4 Å². The Labute approximate surface area is 213 Å². The molecule has 1 aromatic carbocycles. The SMILES string of the molecule is C[C@@H](Oc1ccc2[nH]nc(-c3cnc(N4CC(C(F)(F)F)C4)c(C#N)c3)c2c1)c1c(Cl)cncc1Cl. The first kappa shape index (κ1) is 24.2. The molecular weight excluding hydrogens is 516 g/mol. The quantitative estimate of drug-likeness (QED) is 0.322. The van der Waals surface area contributed by atoms with Crippen LogP contribution in [0.3, 0.4) is 0 Å². The number of nitrogens with one attached hydrogen (secondary N) is 1. The normalized spacial score (nSPS) is 15.0. The van der Waals surface area contributed by atoms with Gasteiger partial charge in [-0.05, 0) is 31.2 Å². The average Bonchev–Trinajstić information content (AvgIpc) is 3.20. The van der Waals surface area contributed by atoms with Crippen LogP contribution in [0.1, 0.15) is 24.2 Å². The van der Waals surface area contributed by atoms with Gasteiger partial charge in [0.2, 0.25) is 0 Å². The Morgan fingerprint density at radius 2 is 1.89 bits per heavy atom. The summed E-state index contributed by atoms with van der Waals surface area (Å²) in [5, 5.41) is 18.4. The van der Waals surface area contributed by atoms with E-state index in [4.69, 9.17) is 27.9 Å². The van der Waals surface area contributed by atoms with Crippen LogP contribution in [0.4, 0.5) is 19.0 Å². The van der Waals surface area contributed by atoms with Gasteiger partial charge in [0, 0.05) is 48.2 Å². The summed E-state index contributed by atoms with van der Waals surface area (Å²) in [6.45, 7) is 1.37. The Morgan fingerprint density at radius 3 is 2.56 bits per heavy atom. The van der Waals surface area contributed by atoms with Gasteiger partial charge in [-0.3, -0.25) is 10.1 Å². The molecule has 4 heterocycles. The van der Waals surface area contributed by atoms with Crippen LogP contribution in [0.15, 0.2) is 42.9 Å². The van der Waals surface area contributed by atoms with E-state index < -0.39 is 18.2 Å². The maximum atomic E-state index is 12.9. The number of hydrogen-bond donors (Lipinski definition) is 1. The summed E-state index contributed by atoms with van der Waals surface area (Å²) in [5.41, 5.74) is 2.57. The molecule has 1 aliphatic rings. The second-order valence-electron chi connectivity index (χ2n) is 8.41. The number of aromatic nitrogens is 4. The highest BCUT2D eigenvalue weighted by Gasteiger charge is 2.48. The predicted octanol–water partition coefficient (Wildman–Crippen LogP) is 6.34. The predicted molar refractivity (Wildman–Crippen MR) is 129 cm³/mol. The summed E-state index contributed by atoms with van der Waals surface area (Å²) in [6, 6.07) is 8.97. The Morgan fingerprint density at radius 1 is 1.17 bits per heavy atom. The molecule has 5 rings (SSSR count). The molecule has 4 aromatic rings. The van der Waals surface area contributed by atoms with E-state index in [1.54, 1.807) is 24.3 Å². The fraction of sp³-hybridized carbons (Fsp3) is 0.250. The van der Waals surface area contributed by atoms with Gasteiger partial charge in [-0.15, -0.1) is 0 Å². The van der Waals surface area contributed by atoms with Crippen LogP contribution < -0.4 is 9.64 Å². The molecule has 1 saturated heterocycles. The molecule has 1 aliphatic heterocycles. The molecule has 184 valence electrons. The molecule has 1 N–H and O–H groups in total. The Hall–Kier alpha value is -3.55. The number of fused-ring (bicyclic) bond motifs is 1. The Bertz CT molecular complexity index is 1470. The van der Waals surface area contributed by atoms with Crippen molar-refractivity contribution in [1.82, 2.24) is 20.2 Å². The van der Waals surface area contributed by atoms with Crippen molar-refractivity contribution in [3.8, 4) is 23.1 Å². The zero-order valence-electron chi connectivity index (χ0n) is 18.6. The van der Waals surface area contributed by atoms with Crippen molar-refractivity contribution in [1.29, 1.82) is 5.26 Å². The number of alkyl halides is 3. The zero-order valence-corrected chi connectivity index (χ0v) is 20.2. The van der Waals surface area contributed by atoms with E-state index in [2.05, 4.69) is 20.2 Å². The molecule has 12 heteroatoms. The third kappa shape index (κ3) is 4.40. The van der Waals surface area contributed by atoms with Gasteiger partial charge in [-0.25, -0.2) is 4.98 Å². The molecule has 7 nitrogen and oxygen atoms in total. The van der Waals surface area contributed by atoms with Gasteiger partial charge in [0.1, 0.15) is 29.4 Å². The van der Waals surface area contributed by atoms with E-state index >= 15 is 0 Å². The fourth-order valence-electron chi connectivity index (χ4n) is 4.14. The second kappa shape index (κ2) is 9.15. The van der Waals surface area contributed by atoms with Gasteiger partial charge >= 0.3 is 6.18 Å². The Balaban J connectivity index is 1.43. The number of rotatable bonds is 5. The highest BCUT2D eigenvalue weighted by atomic mass is 35.5. The van der Waals surface area contributed by atoms with E-state index in [1.807, 2.05) is 13.0 Å². The molecule has 0 aliphatic carbocycles. The van der Waals surface area contributed by atoms with Crippen LogP contribution in [0.5, 0.6) is 5.75 Å². The number of benzene rings is 1. The lowest BCUT2D eigenvalue weighted by Gasteiger charge is -2.41. The lowest BCUT2D eigenvalue weighted by atomic mass is 9.98. The summed E-state index contributed by atoms with van der Waals surface area (Å²) >= 11 is 12.5. The van der Waals surface area contributed by atoms with Gasteiger partial charge in [-0.1, -0.05) is 23.2 Å². The maximum absolute atomic E-state index is 12.9. The molecule has 36 heavy (non-hydrogen) atoms. The number of aromatic amines is 1. The smallest absolute Gasteiger partial charge is 0.395 e. The number of H-pyrrole nitrogens is 1. The van der Waals surface area contributed by atoms with Crippen LogP contribution >= 0.6 is 23.2 Å². The van der Waals surface area contributed by atoms with Crippen molar-refractivity contribution in [2.24, 2.45) is 5.92 Å². The minimum absolute atomic E-state index is 0.173. The summed E-state index contributed by atoms with van der Waals surface area (Å²) in [6.07, 6.45) is -0.245. The van der Waals surface area contributed by atoms with Crippen molar-refractivity contribution >= 4 is 39.9 Å². The average molecular weight is 533 g/mol. The highest BCUT2D eigenvalue weighted by molar-refractivity contribution is 6.35. The summed E-state index contributed by atoms with van der Waals surface area (Å²) in [4.78, 5) is 9.70. The first-order chi connectivity index (χ1) is 17.2. The third-order valence-corrected chi connectivity index (χ3v) is 6.65. The number of ether oxygens (including phenoxy) is 1. The first-order valence-electron chi connectivity index (χ1n) is 10.8. The fourth-order valence-corrected chi connectivity index (χ4v) is 4.81. The van der Waals surface area contributed by atoms with Gasteiger partial charge < -0.3 is 9.64 Å². The topological polar surface area (TPSA) is 90.7 Å². The van der Waals surface area contributed by atoms with Crippen molar-refractivity contribution in [3.63, 3.8) is 0 Å². The monoisotopic (exact) mass is 532 g/mol. The largest absolute Gasteiger partial charge is 0.486 e. The number of nitriles is 1. The Kier molecular flexibility index (Phi) is 6.14. The molecule has 1 atom stereocenters. The number of nitrogens with zero attached hydrogens (tertiary/aromatic N) is 5. The lowest BCUT2D eigenvalue weighted by molar-refractivity contribution is -0.180. The third-order valence-electron chi connectivity index (χ3n) is 6.05. The van der Waals surface area contributed by atoms with Crippen molar-refractivity contribution < 1.29 is 17.9 Å². The van der Waals surface area contributed by atoms with E-state index in [0.29, 0.717) is 38.0 Å². The summed E-state index contributed by atoms with van der Waals surface area (Å²) in [5.74, 6) is -0.658. The number of hydrogen-bond acceptors (Lipinski definition) is 6. The molecular formula is C24H17Cl2F3N6O. The summed E-state index contributed by atoms with van der Waals surface area (Å²) in [7, 11) is 0. The molecule has 0 saturated carbocycles. The van der Waals surface area contributed by atoms with Crippen molar-refractivity contribution in [2.45, 2.75) is 19.2 Å². The van der Waals surface area contributed by atoms with E-state index in [9.17, 15) is 18.4 Å². The molecule has 0 unspecified atom stereocenters. The maximum Gasteiger partial charge on any atom is 0.395 e. The lowest BCUT2D eigenvalue weighted by Crippen LogP contribution is -2.53. The van der Waals surface area contributed by atoms with Gasteiger partial charge in [0.25, 0.3) is 0 Å².